The van der Waals surface area contributed by atoms with Crippen LogP contribution in [0.5, 0.6) is 0 Å². The molecule has 1 aromatic heterocycles. The molecule has 4 nitrogen and oxygen atoms in total. The Morgan fingerprint density at radius 3 is 2.67 bits per heavy atom. The Bertz CT molecular complexity index is 308. The van der Waals surface area contributed by atoms with E-state index in [4.69, 9.17) is 5.73 Å². The van der Waals surface area contributed by atoms with Crippen molar-refractivity contribution in [3.05, 3.63) is 12.2 Å². The van der Waals surface area contributed by atoms with Crippen molar-refractivity contribution in [2.24, 2.45) is 5.41 Å². The first kappa shape index (κ1) is 7.46. The first-order chi connectivity index (χ1) is 5.59. The van der Waals surface area contributed by atoms with Gasteiger partial charge in [-0.25, -0.2) is 9.97 Å². The topological polar surface area (TPSA) is 64.7 Å². The van der Waals surface area contributed by atoms with E-state index in [0.717, 1.165) is 12.2 Å². The predicted octanol–water partition coefficient (Wildman–Crippen LogP) is 0.967. The molecule has 4 heteroatoms. The van der Waals surface area contributed by atoms with Gasteiger partial charge in [-0.2, -0.15) is 4.98 Å². The lowest BCUT2D eigenvalue weighted by atomic mass is 10.1. The van der Waals surface area contributed by atoms with Gasteiger partial charge >= 0.3 is 0 Å². The molecule has 1 fully saturated rings. The zero-order valence-electron chi connectivity index (χ0n) is 7.28. The first-order valence-corrected chi connectivity index (χ1v) is 4.04. The summed E-state index contributed by atoms with van der Waals surface area (Å²) in [6, 6.07) is 0. The highest BCUT2D eigenvalue weighted by Gasteiger charge is 2.48. The average molecular weight is 164 g/mol. The van der Waals surface area contributed by atoms with E-state index in [1.165, 1.54) is 6.33 Å². The van der Waals surface area contributed by atoms with Gasteiger partial charge in [0.25, 0.3) is 0 Å². The highest BCUT2D eigenvalue weighted by molar-refractivity contribution is 5.20. The molecule has 0 bridgehead atoms. The zero-order valence-corrected chi connectivity index (χ0v) is 7.28. The SMILES string of the molecule is CC1(C)CC1c1ncnc(N)n1. The maximum Gasteiger partial charge on any atom is 0.223 e. The summed E-state index contributed by atoms with van der Waals surface area (Å²) in [5.41, 5.74) is 5.81. The Morgan fingerprint density at radius 2 is 2.17 bits per heavy atom. The maximum absolute atomic E-state index is 5.45. The van der Waals surface area contributed by atoms with Crippen LogP contribution >= 0.6 is 0 Å². The molecule has 0 saturated heterocycles. The van der Waals surface area contributed by atoms with Crippen LogP contribution in [0.4, 0.5) is 5.95 Å². The van der Waals surface area contributed by atoms with E-state index in [1.807, 2.05) is 0 Å². The summed E-state index contributed by atoms with van der Waals surface area (Å²) in [4.78, 5) is 11.9. The standard InChI is InChI=1S/C8H12N4/c1-8(2)3-5(8)6-10-4-11-7(9)12-6/h4-5H,3H2,1-2H3,(H2,9,10,11,12). The number of nitrogens with two attached hydrogens (primary N) is 1. The fourth-order valence-corrected chi connectivity index (χ4v) is 1.40. The van der Waals surface area contributed by atoms with Crippen molar-refractivity contribution in [2.45, 2.75) is 26.2 Å². The van der Waals surface area contributed by atoms with E-state index in [0.29, 0.717) is 17.3 Å². The van der Waals surface area contributed by atoms with Crippen molar-refractivity contribution in [3.8, 4) is 0 Å². The van der Waals surface area contributed by atoms with Gasteiger partial charge < -0.3 is 5.73 Å². The molecule has 12 heavy (non-hydrogen) atoms. The Hall–Kier alpha value is -1.19. The van der Waals surface area contributed by atoms with Gasteiger partial charge in [0.2, 0.25) is 5.95 Å². The minimum absolute atomic E-state index is 0.322. The van der Waals surface area contributed by atoms with Gasteiger partial charge in [-0.15, -0.1) is 0 Å². The summed E-state index contributed by atoms with van der Waals surface area (Å²) in [5.74, 6) is 1.64. The molecule has 1 atom stereocenters. The van der Waals surface area contributed by atoms with Gasteiger partial charge in [-0.1, -0.05) is 13.8 Å². The normalized spacial score (nSPS) is 25.3. The lowest BCUT2D eigenvalue weighted by molar-refractivity contribution is 0.607. The molecular formula is C8H12N4. The number of anilines is 1. The molecule has 1 aliphatic carbocycles. The fourth-order valence-electron chi connectivity index (χ4n) is 1.40. The van der Waals surface area contributed by atoms with Crippen LogP contribution in [-0.2, 0) is 0 Å². The van der Waals surface area contributed by atoms with Gasteiger partial charge in [0.15, 0.2) is 0 Å². The Labute approximate surface area is 71.2 Å². The number of hydrogen-bond acceptors (Lipinski definition) is 4. The summed E-state index contributed by atoms with van der Waals surface area (Å²) in [6.07, 6.45) is 2.63. The summed E-state index contributed by atoms with van der Waals surface area (Å²) < 4.78 is 0. The Kier molecular flexibility index (Phi) is 1.34. The van der Waals surface area contributed by atoms with E-state index >= 15 is 0 Å². The second-order valence-corrected chi connectivity index (χ2v) is 3.95. The molecule has 1 aromatic rings. The predicted molar refractivity (Wildman–Crippen MR) is 45.4 cm³/mol. The van der Waals surface area contributed by atoms with Crippen LogP contribution in [0, 0.1) is 5.41 Å². The number of rotatable bonds is 1. The van der Waals surface area contributed by atoms with Crippen LogP contribution in [0.3, 0.4) is 0 Å². The van der Waals surface area contributed by atoms with E-state index in [1.54, 1.807) is 0 Å². The smallest absolute Gasteiger partial charge is 0.223 e. The average Bonchev–Trinajstić information content (AvgIpc) is 2.60. The van der Waals surface area contributed by atoms with Crippen molar-refractivity contribution in [1.82, 2.24) is 15.0 Å². The molecule has 0 aromatic carbocycles. The van der Waals surface area contributed by atoms with E-state index < -0.39 is 0 Å². The van der Waals surface area contributed by atoms with Crippen molar-refractivity contribution in [2.75, 3.05) is 5.73 Å². The third-order valence-corrected chi connectivity index (χ3v) is 2.43. The lowest BCUT2D eigenvalue weighted by Gasteiger charge is -2.00. The third kappa shape index (κ3) is 1.13. The minimum atomic E-state index is 0.322. The molecule has 64 valence electrons. The molecule has 0 aliphatic heterocycles. The summed E-state index contributed by atoms with van der Waals surface area (Å²) in [5, 5.41) is 0. The van der Waals surface area contributed by atoms with Crippen LogP contribution < -0.4 is 5.73 Å². The molecule has 2 N–H and O–H groups in total. The number of nitrogen functional groups attached to an aromatic ring is 1. The van der Waals surface area contributed by atoms with Crippen LogP contribution in [0.1, 0.15) is 32.0 Å². The molecule has 2 rings (SSSR count). The number of aromatic nitrogens is 3. The van der Waals surface area contributed by atoms with Crippen LogP contribution in [0.2, 0.25) is 0 Å². The van der Waals surface area contributed by atoms with Crippen molar-refractivity contribution >= 4 is 5.95 Å². The Balaban J connectivity index is 2.26. The molecule has 1 saturated carbocycles. The van der Waals surface area contributed by atoms with Gasteiger partial charge in [-0.3, -0.25) is 0 Å². The van der Waals surface area contributed by atoms with Crippen LogP contribution in [-0.4, -0.2) is 15.0 Å². The molecule has 1 unspecified atom stereocenters. The first-order valence-electron chi connectivity index (χ1n) is 4.04. The quantitative estimate of drug-likeness (QED) is 0.671. The largest absolute Gasteiger partial charge is 0.368 e. The number of nitrogens with zero attached hydrogens (tertiary/aromatic N) is 3. The summed E-state index contributed by atoms with van der Waals surface area (Å²) in [6.45, 7) is 4.41. The molecule has 1 aliphatic rings. The molecule has 0 radical (unpaired) electrons. The van der Waals surface area contributed by atoms with Crippen molar-refractivity contribution in [3.63, 3.8) is 0 Å². The lowest BCUT2D eigenvalue weighted by Crippen LogP contribution is -2.02. The minimum Gasteiger partial charge on any atom is -0.368 e. The summed E-state index contributed by atoms with van der Waals surface area (Å²) in [7, 11) is 0. The molecule has 0 amide bonds. The monoisotopic (exact) mass is 164 g/mol. The van der Waals surface area contributed by atoms with Gasteiger partial charge in [0.05, 0.1) is 0 Å². The second kappa shape index (κ2) is 2.15. The highest BCUT2D eigenvalue weighted by atomic mass is 15.1. The third-order valence-electron chi connectivity index (χ3n) is 2.43. The second-order valence-electron chi connectivity index (χ2n) is 3.95. The van der Waals surface area contributed by atoms with E-state index in [-0.39, 0.29) is 0 Å². The van der Waals surface area contributed by atoms with E-state index in [9.17, 15) is 0 Å². The molecule has 0 spiro atoms. The molecular weight excluding hydrogens is 152 g/mol. The fraction of sp³-hybridized carbons (Fsp3) is 0.625. The van der Waals surface area contributed by atoms with Gasteiger partial charge in [0.1, 0.15) is 12.2 Å². The van der Waals surface area contributed by atoms with Crippen molar-refractivity contribution < 1.29 is 0 Å². The van der Waals surface area contributed by atoms with Gasteiger partial charge in [0, 0.05) is 5.92 Å². The Morgan fingerprint density at radius 1 is 1.50 bits per heavy atom. The highest BCUT2D eigenvalue weighted by Crippen LogP contribution is 2.57. The number of hydrogen-bond donors (Lipinski definition) is 1. The van der Waals surface area contributed by atoms with Gasteiger partial charge in [-0.05, 0) is 11.8 Å². The van der Waals surface area contributed by atoms with Crippen molar-refractivity contribution in [1.29, 1.82) is 0 Å². The zero-order chi connectivity index (χ0) is 8.77. The van der Waals surface area contributed by atoms with E-state index in [2.05, 4.69) is 28.8 Å². The van der Waals surface area contributed by atoms with Crippen LogP contribution in [0.15, 0.2) is 6.33 Å². The summed E-state index contributed by atoms with van der Waals surface area (Å²) >= 11 is 0. The molecule has 1 heterocycles. The van der Waals surface area contributed by atoms with Crippen LogP contribution in [0.25, 0.3) is 0 Å². The maximum atomic E-state index is 5.45.